The number of amides is 1. The number of carbonyl (C=O) groups is 1. The van der Waals surface area contributed by atoms with E-state index in [0.29, 0.717) is 6.67 Å². The van der Waals surface area contributed by atoms with Gasteiger partial charge in [-0.15, -0.1) is 0 Å². The molecule has 0 aliphatic carbocycles. The molecule has 1 amide bonds. The van der Waals surface area contributed by atoms with Crippen LogP contribution in [-0.4, -0.2) is 41.3 Å². The van der Waals surface area contributed by atoms with Crippen molar-refractivity contribution in [2.24, 2.45) is 0 Å². The minimum atomic E-state index is -4.21. The van der Waals surface area contributed by atoms with Gasteiger partial charge in [-0.1, -0.05) is 13.3 Å². The number of carbonyl (C=O) groups excluding carboxylic acids is 1. The Morgan fingerprint density at radius 2 is 2.25 bits per heavy atom. The summed E-state index contributed by atoms with van der Waals surface area (Å²) in [6.07, 6.45) is 1.62. The van der Waals surface area contributed by atoms with Crippen molar-refractivity contribution in [3.63, 3.8) is 0 Å². The SMILES string of the molecule is CCCC1NCN(CCSC(F)(F)F)C1=O. The summed E-state index contributed by atoms with van der Waals surface area (Å²) in [6.45, 7) is 2.48. The summed E-state index contributed by atoms with van der Waals surface area (Å²) in [5, 5.41) is 2.99. The Labute approximate surface area is 96.7 Å². The molecule has 1 heterocycles. The van der Waals surface area contributed by atoms with Gasteiger partial charge in [0, 0.05) is 12.3 Å². The molecule has 0 aromatic heterocycles. The number of hydrogen-bond donors (Lipinski definition) is 1. The van der Waals surface area contributed by atoms with E-state index in [4.69, 9.17) is 0 Å². The van der Waals surface area contributed by atoms with Gasteiger partial charge in [-0.25, -0.2) is 0 Å². The molecule has 0 radical (unpaired) electrons. The van der Waals surface area contributed by atoms with Gasteiger partial charge in [0.2, 0.25) is 5.91 Å². The second-order valence-electron chi connectivity index (χ2n) is 3.60. The van der Waals surface area contributed by atoms with Gasteiger partial charge in [0.05, 0.1) is 12.7 Å². The molecular weight excluding hydrogens is 241 g/mol. The molecule has 1 atom stereocenters. The Kier molecular flexibility index (Phi) is 4.91. The van der Waals surface area contributed by atoms with Gasteiger partial charge in [-0.3, -0.25) is 10.1 Å². The van der Waals surface area contributed by atoms with E-state index < -0.39 is 5.51 Å². The molecule has 7 heteroatoms. The van der Waals surface area contributed by atoms with E-state index in [9.17, 15) is 18.0 Å². The average Bonchev–Trinajstić information content (AvgIpc) is 2.48. The van der Waals surface area contributed by atoms with Crippen LogP contribution in [0.25, 0.3) is 0 Å². The van der Waals surface area contributed by atoms with Crippen molar-refractivity contribution < 1.29 is 18.0 Å². The molecule has 0 saturated carbocycles. The minimum absolute atomic E-state index is 0.0791. The van der Waals surface area contributed by atoms with Crippen molar-refractivity contribution in [1.82, 2.24) is 10.2 Å². The molecule has 1 saturated heterocycles. The zero-order chi connectivity index (χ0) is 12.2. The molecular formula is C9H15F3N2OS. The summed E-state index contributed by atoms with van der Waals surface area (Å²) in [6, 6.07) is -0.208. The Balaban J connectivity index is 2.27. The molecule has 3 nitrogen and oxygen atoms in total. The van der Waals surface area contributed by atoms with Crippen LogP contribution in [0.2, 0.25) is 0 Å². The summed E-state index contributed by atoms with van der Waals surface area (Å²) in [4.78, 5) is 13.1. The third kappa shape index (κ3) is 4.21. The molecule has 16 heavy (non-hydrogen) atoms. The van der Waals surface area contributed by atoms with Crippen LogP contribution in [0.4, 0.5) is 13.2 Å². The fourth-order valence-electron chi connectivity index (χ4n) is 1.58. The van der Waals surface area contributed by atoms with Crippen molar-refractivity contribution in [2.75, 3.05) is 19.0 Å². The minimum Gasteiger partial charge on any atom is -0.328 e. The lowest BCUT2D eigenvalue weighted by Gasteiger charge is -2.15. The van der Waals surface area contributed by atoms with Crippen LogP contribution in [-0.2, 0) is 4.79 Å². The van der Waals surface area contributed by atoms with Crippen molar-refractivity contribution in [3.05, 3.63) is 0 Å². The van der Waals surface area contributed by atoms with Gasteiger partial charge in [0.25, 0.3) is 0 Å². The van der Waals surface area contributed by atoms with Crippen LogP contribution in [0.3, 0.4) is 0 Å². The quantitative estimate of drug-likeness (QED) is 0.814. The zero-order valence-electron chi connectivity index (χ0n) is 9.01. The van der Waals surface area contributed by atoms with Crippen LogP contribution in [0, 0.1) is 0 Å². The van der Waals surface area contributed by atoms with Crippen molar-refractivity contribution >= 4 is 17.7 Å². The molecule has 0 aromatic rings. The van der Waals surface area contributed by atoms with E-state index in [1.54, 1.807) is 0 Å². The number of hydrogen-bond acceptors (Lipinski definition) is 3. The number of rotatable bonds is 5. The Bertz CT molecular complexity index is 247. The van der Waals surface area contributed by atoms with Gasteiger partial charge in [-0.2, -0.15) is 13.2 Å². The fraction of sp³-hybridized carbons (Fsp3) is 0.889. The molecule has 1 unspecified atom stereocenters. The molecule has 0 aromatic carbocycles. The summed E-state index contributed by atoms with van der Waals surface area (Å²) >= 11 is -0.0846. The lowest BCUT2D eigenvalue weighted by atomic mass is 10.2. The first kappa shape index (κ1) is 13.6. The van der Waals surface area contributed by atoms with Gasteiger partial charge in [0.1, 0.15) is 0 Å². The maximum Gasteiger partial charge on any atom is 0.441 e. The second kappa shape index (κ2) is 5.77. The first-order valence-corrected chi connectivity index (χ1v) is 6.15. The highest BCUT2D eigenvalue weighted by atomic mass is 32.2. The van der Waals surface area contributed by atoms with Gasteiger partial charge in [0.15, 0.2) is 0 Å². The Morgan fingerprint density at radius 3 is 2.81 bits per heavy atom. The van der Waals surface area contributed by atoms with Gasteiger partial charge in [-0.05, 0) is 18.2 Å². The van der Waals surface area contributed by atoms with Crippen LogP contribution >= 0.6 is 11.8 Å². The first-order chi connectivity index (χ1) is 7.44. The van der Waals surface area contributed by atoms with E-state index in [1.165, 1.54) is 4.90 Å². The third-order valence-electron chi connectivity index (χ3n) is 2.34. The highest BCUT2D eigenvalue weighted by Crippen LogP contribution is 2.29. The van der Waals surface area contributed by atoms with E-state index in [1.807, 2.05) is 6.92 Å². The maximum atomic E-state index is 11.9. The average molecular weight is 256 g/mol. The first-order valence-electron chi connectivity index (χ1n) is 5.17. The maximum absolute atomic E-state index is 11.9. The lowest BCUT2D eigenvalue weighted by Crippen LogP contribution is -2.32. The van der Waals surface area contributed by atoms with Gasteiger partial charge < -0.3 is 4.90 Å². The standard InChI is InChI=1S/C9H15F3N2OS/c1-2-3-7-8(15)14(6-13-7)4-5-16-9(10,11)12/h7,13H,2-6H2,1H3. The number of halogens is 3. The summed E-state index contributed by atoms with van der Waals surface area (Å²) in [5.74, 6) is -0.180. The smallest absolute Gasteiger partial charge is 0.328 e. The second-order valence-corrected chi connectivity index (χ2v) is 4.76. The number of alkyl halides is 3. The van der Waals surface area contributed by atoms with Crippen LogP contribution in [0.5, 0.6) is 0 Å². The predicted molar refractivity (Wildman–Crippen MR) is 56.9 cm³/mol. The largest absolute Gasteiger partial charge is 0.441 e. The zero-order valence-corrected chi connectivity index (χ0v) is 9.83. The summed E-state index contributed by atoms with van der Waals surface area (Å²) in [5.41, 5.74) is -4.21. The topological polar surface area (TPSA) is 32.3 Å². The number of thioether (sulfide) groups is 1. The molecule has 94 valence electrons. The van der Waals surface area contributed by atoms with Crippen LogP contribution in [0.1, 0.15) is 19.8 Å². The van der Waals surface area contributed by atoms with Crippen molar-refractivity contribution in [2.45, 2.75) is 31.3 Å². The summed E-state index contributed by atoms with van der Waals surface area (Å²) < 4.78 is 35.6. The fourth-order valence-corrected chi connectivity index (χ4v) is 2.12. The predicted octanol–water partition coefficient (Wildman–Crippen LogP) is 1.80. The Hall–Kier alpha value is -0.430. The van der Waals surface area contributed by atoms with E-state index in [-0.39, 0.29) is 36.0 Å². The third-order valence-corrected chi connectivity index (χ3v) is 3.06. The number of nitrogens with zero attached hydrogens (tertiary/aromatic N) is 1. The molecule has 0 bridgehead atoms. The van der Waals surface area contributed by atoms with E-state index in [0.717, 1.165) is 12.8 Å². The molecule has 0 spiro atoms. The lowest BCUT2D eigenvalue weighted by molar-refractivity contribution is -0.128. The normalized spacial score (nSPS) is 21.9. The molecule has 1 N–H and O–H groups in total. The summed E-state index contributed by atoms with van der Waals surface area (Å²) in [7, 11) is 0. The number of nitrogens with one attached hydrogen (secondary N) is 1. The molecule has 1 fully saturated rings. The van der Waals surface area contributed by atoms with Crippen molar-refractivity contribution in [1.29, 1.82) is 0 Å². The molecule has 1 rings (SSSR count). The van der Waals surface area contributed by atoms with E-state index in [2.05, 4.69) is 5.32 Å². The molecule has 1 aliphatic rings. The molecule has 1 aliphatic heterocycles. The highest BCUT2D eigenvalue weighted by Gasteiger charge is 2.32. The van der Waals surface area contributed by atoms with Crippen molar-refractivity contribution in [3.8, 4) is 0 Å². The van der Waals surface area contributed by atoms with Gasteiger partial charge >= 0.3 is 5.51 Å². The van der Waals surface area contributed by atoms with E-state index >= 15 is 0 Å². The van der Waals surface area contributed by atoms with Crippen LogP contribution in [0.15, 0.2) is 0 Å². The van der Waals surface area contributed by atoms with Crippen LogP contribution < -0.4 is 5.32 Å². The highest BCUT2D eigenvalue weighted by molar-refractivity contribution is 8.00. The monoisotopic (exact) mass is 256 g/mol. The Morgan fingerprint density at radius 1 is 1.56 bits per heavy atom.